The van der Waals surface area contributed by atoms with Crippen molar-refractivity contribution in [2.75, 3.05) is 31.7 Å². The lowest BCUT2D eigenvalue weighted by Gasteiger charge is -2.14. The number of esters is 1. The molecule has 1 N–H and O–H groups in total. The van der Waals surface area contributed by atoms with Crippen molar-refractivity contribution in [1.82, 2.24) is 5.32 Å². The van der Waals surface area contributed by atoms with Gasteiger partial charge in [0.15, 0.2) is 9.84 Å². The molecule has 0 amide bonds. The fourth-order valence-corrected chi connectivity index (χ4v) is 4.24. The van der Waals surface area contributed by atoms with Gasteiger partial charge in [0.25, 0.3) is 0 Å². The molecule has 0 radical (unpaired) electrons. The van der Waals surface area contributed by atoms with Gasteiger partial charge in [-0.2, -0.15) is 0 Å². The SMILES string of the molecule is CCCNCCCS(=O)(=O)CC1(CC(=O)OC)CC1. The van der Waals surface area contributed by atoms with E-state index in [-0.39, 0.29) is 29.3 Å². The minimum absolute atomic E-state index is 0.128. The number of ether oxygens (including phenoxy) is 1. The minimum Gasteiger partial charge on any atom is -0.469 e. The number of rotatable bonds is 10. The summed E-state index contributed by atoms with van der Waals surface area (Å²) in [5.74, 6) is 0.0208. The van der Waals surface area contributed by atoms with Gasteiger partial charge in [-0.05, 0) is 44.2 Å². The standard InChI is InChI=1S/C13H25NO4S/c1-3-7-14-8-4-9-19(16,17)11-13(5-6-13)10-12(15)18-2/h14H,3-11H2,1-2H3. The predicted molar refractivity (Wildman–Crippen MR) is 74.7 cm³/mol. The van der Waals surface area contributed by atoms with Crippen LogP contribution in [0.4, 0.5) is 0 Å². The Morgan fingerprint density at radius 2 is 2.00 bits per heavy atom. The predicted octanol–water partition coefficient (Wildman–Crippen LogP) is 1.13. The fraction of sp³-hybridized carbons (Fsp3) is 0.923. The van der Waals surface area contributed by atoms with E-state index in [2.05, 4.69) is 17.0 Å². The molecule has 1 aliphatic rings. The monoisotopic (exact) mass is 291 g/mol. The van der Waals surface area contributed by atoms with E-state index in [1.807, 2.05) is 0 Å². The van der Waals surface area contributed by atoms with Crippen molar-refractivity contribution in [3.63, 3.8) is 0 Å². The van der Waals surface area contributed by atoms with Gasteiger partial charge in [-0.15, -0.1) is 0 Å². The van der Waals surface area contributed by atoms with Crippen LogP contribution in [0.15, 0.2) is 0 Å². The Morgan fingerprint density at radius 1 is 1.32 bits per heavy atom. The highest BCUT2D eigenvalue weighted by atomic mass is 32.2. The molecule has 0 saturated heterocycles. The number of hydrogen-bond donors (Lipinski definition) is 1. The number of nitrogens with one attached hydrogen (secondary N) is 1. The van der Waals surface area contributed by atoms with Gasteiger partial charge in [0, 0.05) is 0 Å². The van der Waals surface area contributed by atoms with Crippen LogP contribution in [-0.4, -0.2) is 46.1 Å². The van der Waals surface area contributed by atoms with Crippen LogP contribution in [0.2, 0.25) is 0 Å². The zero-order chi connectivity index (χ0) is 14.4. The van der Waals surface area contributed by atoms with Crippen LogP contribution in [0, 0.1) is 5.41 Å². The zero-order valence-corrected chi connectivity index (χ0v) is 12.7. The highest BCUT2D eigenvalue weighted by Crippen LogP contribution is 2.50. The summed E-state index contributed by atoms with van der Waals surface area (Å²) in [5, 5.41) is 3.19. The van der Waals surface area contributed by atoms with Crippen molar-refractivity contribution >= 4 is 15.8 Å². The van der Waals surface area contributed by atoms with Gasteiger partial charge < -0.3 is 10.1 Å². The van der Waals surface area contributed by atoms with Gasteiger partial charge in [-0.3, -0.25) is 4.79 Å². The van der Waals surface area contributed by atoms with Crippen molar-refractivity contribution in [2.24, 2.45) is 5.41 Å². The first-order valence-electron chi connectivity index (χ1n) is 6.91. The summed E-state index contributed by atoms with van der Waals surface area (Å²) < 4.78 is 28.6. The van der Waals surface area contributed by atoms with Crippen molar-refractivity contribution in [2.45, 2.75) is 39.0 Å². The first kappa shape index (κ1) is 16.4. The highest BCUT2D eigenvalue weighted by molar-refractivity contribution is 7.91. The molecule has 0 heterocycles. The molecule has 0 aromatic heterocycles. The van der Waals surface area contributed by atoms with Crippen molar-refractivity contribution in [3.8, 4) is 0 Å². The van der Waals surface area contributed by atoms with Crippen LogP contribution in [0.5, 0.6) is 0 Å². The Hall–Kier alpha value is -0.620. The third kappa shape index (κ3) is 6.38. The summed E-state index contributed by atoms with van der Waals surface area (Å²) in [7, 11) is -1.73. The molecule has 0 bridgehead atoms. The fourth-order valence-electron chi connectivity index (χ4n) is 2.18. The van der Waals surface area contributed by atoms with E-state index in [4.69, 9.17) is 0 Å². The number of carbonyl (C=O) groups excluding carboxylic acids is 1. The van der Waals surface area contributed by atoms with Crippen molar-refractivity contribution in [3.05, 3.63) is 0 Å². The van der Waals surface area contributed by atoms with Crippen LogP contribution in [-0.2, 0) is 19.4 Å². The van der Waals surface area contributed by atoms with E-state index in [9.17, 15) is 13.2 Å². The Labute approximate surface area is 116 Å². The summed E-state index contributed by atoms with van der Waals surface area (Å²) in [4.78, 5) is 11.3. The van der Waals surface area contributed by atoms with E-state index in [1.54, 1.807) is 0 Å². The average molecular weight is 291 g/mol. The number of hydrogen-bond acceptors (Lipinski definition) is 5. The summed E-state index contributed by atoms with van der Waals surface area (Å²) in [6.45, 7) is 3.73. The second-order valence-electron chi connectivity index (χ2n) is 5.45. The number of carbonyl (C=O) groups is 1. The molecular weight excluding hydrogens is 266 g/mol. The van der Waals surface area contributed by atoms with Gasteiger partial charge in [-0.1, -0.05) is 6.92 Å². The third-order valence-corrected chi connectivity index (χ3v) is 5.43. The molecule has 1 fully saturated rings. The quantitative estimate of drug-likeness (QED) is 0.482. The van der Waals surface area contributed by atoms with Crippen molar-refractivity contribution < 1.29 is 17.9 Å². The zero-order valence-electron chi connectivity index (χ0n) is 11.9. The molecular formula is C13H25NO4S. The molecule has 6 heteroatoms. The highest BCUT2D eigenvalue weighted by Gasteiger charge is 2.47. The maximum atomic E-state index is 12.0. The first-order valence-corrected chi connectivity index (χ1v) is 8.73. The molecule has 19 heavy (non-hydrogen) atoms. The van der Waals surface area contributed by atoms with Crippen LogP contribution in [0.1, 0.15) is 39.0 Å². The lowest BCUT2D eigenvalue weighted by atomic mass is 10.1. The van der Waals surface area contributed by atoms with E-state index in [0.29, 0.717) is 6.42 Å². The summed E-state index contributed by atoms with van der Waals surface area (Å²) in [6.07, 6.45) is 3.55. The lowest BCUT2D eigenvalue weighted by molar-refractivity contribution is -0.141. The van der Waals surface area contributed by atoms with Crippen LogP contribution < -0.4 is 5.32 Å². The van der Waals surface area contributed by atoms with Gasteiger partial charge in [0.05, 0.1) is 25.0 Å². The number of sulfone groups is 1. The Balaban J connectivity index is 2.32. The van der Waals surface area contributed by atoms with Gasteiger partial charge in [-0.25, -0.2) is 8.42 Å². The molecule has 5 nitrogen and oxygen atoms in total. The molecule has 112 valence electrons. The maximum Gasteiger partial charge on any atom is 0.306 e. The molecule has 1 rings (SSSR count). The summed E-state index contributed by atoms with van der Waals surface area (Å²) in [5.41, 5.74) is -0.331. The van der Waals surface area contributed by atoms with Gasteiger partial charge >= 0.3 is 5.97 Å². The molecule has 0 unspecified atom stereocenters. The Morgan fingerprint density at radius 3 is 2.53 bits per heavy atom. The molecule has 0 aromatic rings. The normalized spacial score (nSPS) is 17.2. The molecule has 1 aliphatic carbocycles. The molecule has 0 atom stereocenters. The Bertz CT molecular complexity index is 387. The molecule has 0 aromatic carbocycles. The minimum atomic E-state index is -3.07. The van der Waals surface area contributed by atoms with Crippen LogP contribution >= 0.6 is 0 Å². The lowest BCUT2D eigenvalue weighted by Crippen LogP contribution is -2.25. The third-order valence-electron chi connectivity index (χ3n) is 3.47. The van der Waals surface area contributed by atoms with E-state index >= 15 is 0 Å². The first-order chi connectivity index (χ1) is 8.93. The molecule has 0 spiro atoms. The van der Waals surface area contributed by atoms with Crippen LogP contribution in [0.3, 0.4) is 0 Å². The average Bonchev–Trinajstić information content (AvgIpc) is 3.07. The molecule has 1 saturated carbocycles. The van der Waals surface area contributed by atoms with E-state index in [1.165, 1.54) is 7.11 Å². The Kier molecular flexibility index (Phi) is 6.26. The summed E-state index contributed by atoms with van der Waals surface area (Å²) >= 11 is 0. The number of methoxy groups -OCH3 is 1. The molecule has 0 aliphatic heterocycles. The van der Waals surface area contributed by atoms with E-state index < -0.39 is 9.84 Å². The largest absolute Gasteiger partial charge is 0.469 e. The van der Waals surface area contributed by atoms with E-state index in [0.717, 1.165) is 32.4 Å². The summed E-state index contributed by atoms with van der Waals surface area (Å²) in [6, 6.07) is 0. The van der Waals surface area contributed by atoms with Crippen molar-refractivity contribution in [1.29, 1.82) is 0 Å². The second-order valence-corrected chi connectivity index (χ2v) is 7.63. The van der Waals surface area contributed by atoms with Gasteiger partial charge in [0.1, 0.15) is 0 Å². The smallest absolute Gasteiger partial charge is 0.306 e. The van der Waals surface area contributed by atoms with Crippen LogP contribution in [0.25, 0.3) is 0 Å². The second kappa shape index (κ2) is 7.24. The van der Waals surface area contributed by atoms with Gasteiger partial charge in [0.2, 0.25) is 0 Å². The maximum absolute atomic E-state index is 12.0. The topological polar surface area (TPSA) is 72.5 Å².